The lowest BCUT2D eigenvalue weighted by atomic mass is 10.0. The third-order valence-corrected chi connectivity index (χ3v) is 3.49. The predicted octanol–water partition coefficient (Wildman–Crippen LogP) is 1.28. The molecule has 2 amide bonds. The van der Waals surface area contributed by atoms with Crippen LogP contribution in [0.5, 0.6) is 0 Å². The molecule has 0 atom stereocenters. The number of aromatic nitrogens is 1. The molecule has 0 radical (unpaired) electrons. The van der Waals surface area contributed by atoms with Crippen LogP contribution in [0.2, 0.25) is 0 Å². The van der Waals surface area contributed by atoms with Crippen molar-refractivity contribution >= 4 is 18.0 Å². The summed E-state index contributed by atoms with van der Waals surface area (Å²) in [4.78, 5) is 34.5. The number of aryl methyl sites for hydroxylation is 1. The zero-order valence-electron chi connectivity index (χ0n) is 12.8. The lowest BCUT2D eigenvalue weighted by molar-refractivity contribution is -0.121. The smallest absolute Gasteiger partial charge is 0.274 e. The molecular weight excluding hydrogens is 270 g/mol. The second kappa shape index (κ2) is 8.24. The van der Waals surface area contributed by atoms with Crippen LogP contribution in [-0.2, 0) is 16.1 Å². The van der Waals surface area contributed by atoms with Crippen molar-refractivity contribution in [1.82, 2.24) is 9.88 Å². The van der Waals surface area contributed by atoms with Crippen LogP contribution in [0, 0.1) is 12.8 Å². The summed E-state index contributed by atoms with van der Waals surface area (Å²) < 4.78 is 1.31. The van der Waals surface area contributed by atoms with Crippen molar-refractivity contribution in [1.29, 1.82) is 0 Å². The van der Waals surface area contributed by atoms with E-state index in [1.165, 1.54) is 4.57 Å². The first kappa shape index (κ1) is 16.9. The normalized spacial score (nSPS) is 10.5. The van der Waals surface area contributed by atoms with E-state index < -0.39 is 0 Å². The summed E-state index contributed by atoms with van der Waals surface area (Å²) in [5, 5.41) is 5.20. The maximum atomic E-state index is 12.1. The van der Waals surface area contributed by atoms with Gasteiger partial charge in [-0.3, -0.25) is 14.4 Å². The molecule has 0 aliphatic carbocycles. The maximum absolute atomic E-state index is 12.1. The van der Waals surface area contributed by atoms with E-state index in [2.05, 4.69) is 24.5 Å². The van der Waals surface area contributed by atoms with Crippen LogP contribution >= 0.6 is 0 Å². The number of carbonyl (C=O) groups is 2. The van der Waals surface area contributed by atoms with Gasteiger partial charge in [0.05, 0.1) is 0 Å². The molecule has 6 heteroatoms. The Morgan fingerprint density at radius 1 is 1.38 bits per heavy atom. The number of nitrogens with zero attached hydrogens (tertiary/aromatic N) is 1. The molecule has 0 aliphatic heterocycles. The van der Waals surface area contributed by atoms with Crippen LogP contribution in [-0.4, -0.2) is 23.4 Å². The molecule has 2 N–H and O–H groups in total. The molecule has 0 bridgehead atoms. The van der Waals surface area contributed by atoms with E-state index in [-0.39, 0.29) is 23.7 Å². The van der Waals surface area contributed by atoms with Gasteiger partial charge in [0.25, 0.3) is 5.56 Å². The summed E-state index contributed by atoms with van der Waals surface area (Å²) in [6.07, 6.45) is 4.08. The van der Waals surface area contributed by atoms with Crippen molar-refractivity contribution in [2.45, 2.75) is 40.2 Å². The Morgan fingerprint density at radius 3 is 2.62 bits per heavy atom. The van der Waals surface area contributed by atoms with Gasteiger partial charge in [-0.05, 0) is 24.5 Å². The average Bonchev–Trinajstić information content (AvgIpc) is 2.45. The molecule has 0 saturated heterocycles. The first-order valence-corrected chi connectivity index (χ1v) is 7.19. The van der Waals surface area contributed by atoms with Crippen LogP contribution in [0.25, 0.3) is 0 Å². The first-order valence-electron chi connectivity index (χ1n) is 7.19. The molecule has 21 heavy (non-hydrogen) atoms. The van der Waals surface area contributed by atoms with Gasteiger partial charge in [-0.15, -0.1) is 0 Å². The van der Waals surface area contributed by atoms with Gasteiger partial charge in [-0.25, -0.2) is 0 Å². The largest absolute Gasteiger partial charge is 0.354 e. The Labute approximate surface area is 124 Å². The molecule has 6 nitrogen and oxygen atoms in total. The second-order valence-electron chi connectivity index (χ2n) is 5.11. The number of hydrogen-bond donors (Lipinski definition) is 2. The third-order valence-electron chi connectivity index (χ3n) is 3.49. The lowest BCUT2D eigenvalue weighted by Crippen LogP contribution is -2.35. The van der Waals surface area contributed by atoms with E-state index in [0.717, 1.165) is 18.4 Å². The molecule has 0 aliphatic rings. The first-order chi connectivity index (χ1) is 10.0. The zero-order valence-corrected chi connectivity index (χ0v) is 12.8. The number of pyridine rings is 1. The fourth-order valence-electron chi connectivity index (χ4n) is 2.12. The Hall–Kier alpha value is -2.11. The number of carbonyl (C=O) groups excluding carboxylic acids is 2. The highest BCUT2D eigenvalue weighted by molar-refractivity contribution is 5.76. The summed E-state index contributed by atoms with van der Waals surface area (Å²) in [5.41, 5.74) is 0.593. The fraction of sp³-hybridized carbons (Fsp3) is 0.533. The second-order valence-corrected chi connectivity index (χ2v) is 5.11. The molecule has 1 rings (SSSR count). The summed E-state index contributed by atoms with van der Waals surface area (Å²) in [6, 6.07) is 1.58. The van der Waals surface area contributed by atoms with Crippen LogP contribution < -0.4 is 16.2 Å². The van der Waals surface area contributed by atoms with Crippen LogP contribution in [0.15, 0.2) is 17.1 Å². The molecule has 1 heterocycles. The van der Waals surface area contributed by atoms with Gasteiger partial charge in [0.15, 0.2) is 0 Å². The van der Waals surface area contributed by atoms with E-state index in [4.69, 9.17) is 0 Å². The number of nitrogens with one attached hydrogen (secondary N) is 2. The average molecular weight is 293 g/mol. The predicted molar refractivity (Wildman–Crippen MR) is 82.2 cm³/mol. The SMILES string of the molecule is CCC(CC)CNC(=O)Cn1cc(C)cc(NC=O)c1=O. The standard InChI is InChI=1S/C15H23N3O3/c1-4-12(5-2)7-16-14(20)9-18-8-11(3)6-13(15(18)21)17-10-19/h6,8,10,12H,4-5,7,9H2,1-3H3,(H,16,20)(H,17,19). The number of hydrogen-bond acceptors (Lipinski definition) is 3. The van der Waals surface area contributed by atoms with Gasteiger partial charge < -0.3 is 15.2 Å². The highest BCUT2D eigenvalue weighted by Crippen LogP contribution is 2.05. The Morgan fingerprint density at radius 2 is 2.05 bits per heavy atom. The van der Waals surface area contributed by atoms with Gasteiger partial charge >= 0.3 is 0 Å². The molecule has 116 valence electrons. The van der Waals surface area contributed by atoms with E-state index >= 15 is 0 Å². The third kappa shape index (κ3) is 5.06. The zero-order chi connectivity index (χ0) is 15.8. The molecule has 0 unspecified atom stereocenters. The van der Waals surface area contributed by atoms with Gasteiger partial charge in [-0.1, -0.05) is 26.7 Å². The van der Waals surface area contributed by atoms with Crippen LogP contribution in [0.1, 0.15) is 32.3 Å². The monoisotopic (exact) mass is 293 g/mol. The minimum atomic E-state index is -0.384. The lowest BCUT2D eigenvalue weighted by Gasteiger charge is -2.14. The highest BCUT2D eigenvalue weighted by atomic mass is 16.2. The summed E-state index contributed by atoms with van der Waals surface area (Å²) in [7, 11) is 0. The van der Waals surface area contributed by atoms with E-state index in [0.29, 0.717) is 18.9 Å². The maximum Gasteiger partial charge on any atom is 0.274 e. The van der Waals surface area contributed by atoms with E-state index in [9.17, 15) is 14.4 Å². The Balaban J connectivity index is 2.76. The van der Waals surface area contributed by atoms with Gasteiger partial charge in [0, 0.05) is 12.7 Å². The molecule has 0 saturated carbocycles. The number of rotatable bonds is 8. The quantitative estimate of drug-likeness (QED) is 0.708. The number of amides is 2. The molecule has 0 aromatic carbocycles. The van der Waals surface area contributed by atoms with Gasteiger partial charge in [0.1, 0.15) is 12.2 Å². The molecule has 0 spiro atoms. The summed E-state index contributed by atoms with van der Waals surface area (Å²) >= 11 is 0. The van der Waals surface area contributed by atoms with Gasteiger partial charge in [-0.2, -0.15) is 0 Å². The molecule has 1 aromatic rings. The van der Waals surface area contributed by atoms with E-state index in [1.54, 1.807) is 19.2 Å². The van der Waals surface area contributed by atoms with Crippen molar-refractivity contribution in [3.05, 3.63) is 28.2 Å². The molecule has 0 fully saturated rings. The van der Waals surface area contributed by atoms with Crippen LogP contribution in [0.3, 0.4) is 0 Å². The molecule has 1 aromatic heterocycles. The fourth-order valence-corrected chi connectivity index (χ4v) is 2.12. The van der Waals surface area contributed by atoms with Crippen LogP contribution in [0.4, 0.5) is 5.69 Å². The van der Waals surface area contributed by atoms with Crippen molar-refractivity contribution in [2.24, 2.45) is 5.92 Å². The minimum Gasteiger partial charge on any atom is -0.354 e. The Kier molecular flexibility index (Phi) is 6.65. The van der Waals surface area contributed by atoms with Crippen molar-refractivity contribution in [3.8, 4) is 0 Å². The Bertz CT molecular complexity index is 548. The van der Waals surface area contributed by atoms with E-state index in [1.807, 2.05) is 0 Å². The molecular formula is C15H23N3O3. The van der Waals surface area contributed by atoms with Gasteiger partial charge in [0.2, 0.25) is 12.3 Å². The van der Waals surface area contributed by atoms with Crippen molar-refractivity contribution in [3.63, 3.8) is 0 Å². The van der Waals surface area contributed by atoms with Crippen molar-refractivity contribution in [2.75, 3.05) is 11.9 Å². The van der Waals surface area contributed by atoms with Crippen molar-refractivity contribution < 1.29 is 9.59 Å². The minimum absolute atomic E-state index is 0.0474. The number of anilines is 1. The topological polar surface area (TPSA) is 80.2 Å². The summed E-state index contributed by atoms with van der Waals surface area (Å²) in [6.45, 7) is 6.54. The summed E-state index contributed by atoms with van der Waals surface area (Å²) in [5.74, 6) is 0.252. The highest BCUT2D eigenvalue weighted by Gasteiger charge is 2.10.